The number of aryl methyl sites for hydroxylation is 1. The van der Waals surface area contributed by atoms with Gasteiger partial charge in [0.1, 0.15) is 11.3 Å². The quantitative estimate of drug-likeness (QED) is 0.374. The van der Waals surface area contributed by atoms with Crippen LogP contribution in [-0.2, 0) is 6.54 Å². The molecule has 0 bridgehead atoms. The van der Waals surface area contributed by atoms with Crippen molar-refractivity contribution in [3.8, 4) is 5.75 Å². The first-order valence-electron chi connectivity index (χ1n) is 12.6. The summed E-state index contributed by atoms with van der Waals surface area (Å²) in [5, 5.41) is 5.61. The van der Waals surface area contributed by atoms with Crippen molar-refractivity contribution < 1.29 is 9.53 Å². The molecule has 6 heteroatoms. The molecule has 4 rings (SSSR count). The molecule has 1 aromatic heterocycles. The second kappa shape index (κ2) is 12.6. The van der Waals surface area contributed by atoms with Gasteiger partial charge < -0.3 is 14.5 Å². The zero-order chi connectivity index (χ0) is 24.5. The van der Waals surface area contributed by atoms with E-state index in [4.69, 9.17) is 9.84 Å². The van der Waals surface area contributed by atoms with Gasteiger partial charge in [0.15, 0.2) is 5.69 Å². The number of carbonyl (C=O) groups is 1. The average molecular weight is 465 g/mol. The van der Waals surface area contributed by atoms with Crippen LogP contribution < -0.4 is 9.64 Å². The molecule has 0 unspecified atom stereocenters. The zero-order valence-corrected chi connectivity index (χ0v) is 21.5. The molecule has 0 aliphatic heterocycles. The van der Waals surface area contributed by atoms with Gasteiger partial charge in [0.2, 0.25) is 0 Å². The van der Waals surface area contributed by atoms with Crippen LogP contribution >= 0.6 is 0 Å². The van der Waals surface area contributed by atoms with Crippen molar-refractivity contribution in [2.45, 2.75) is 59.4 Å². The van der Waals surface area contributed by atoms with Crippen molar-refractivity contribution in [2.24, 2.45) is 0 Å². The number of para-hydroxylation sites is 2. The third-order valence-electron chi connectivity index (χ3n) is 6.00. The Balaban J connectivity index is 0.000000999. The van der Waals surface area contributed by atoms with E-state index in [0.717, 1.165) is 60.4 Å². The smallest absolute Gasteiger partial charge is 0.279 e. The molecular formula is C28H40N4O2. The Morgan fingerprint density at radius 1 is 1.00 bits per heavy atom. The summed E-state index contributed by atoms with van der Waals surface area (Å²) in [7, 11) is 3.47. The highest BCUT2D eigenvalue weighted by Gasteiger charge is 2.24. The van der Waals surface area contributed by atoms with Gasteiger partial charge in [-0.15, -0.1) is 0 Å². The number of carbonyl (C=O) groups excluding carboxylic acids is 1. The molecular weight excluding hydrogens is 424 g/mol. The van der Waals surface area contributed by atoms with Crippen molar-refractivity contribution >= 4 is 22.5 Å². The van der Waals surface area contributed by atoms with Crippen molar-refractivity contribution in [1.29, 1.82) is 0 Å². The maximum absolute atomic E-state index is 13.5. The molecule has 1 fully saturated rings. The molecule has 34 heavy (non-hydrogen) atoms. The Bertz CT molecular complexity index is 1060. The number of rotatable bonds is 10. The lowest BCUT2D eigenvalue weighted by Crippen LogP contribution is -2.30. The molecule has 2 aromatic carbocycles. The largest absolute Gasteiger partial charge is 0.494 e. The zero-order valence-electron chi connectivity index (χ0n) is 21.5. The molecule has 1 heterocycles. The third kappa shape index (κ3) is 6.38. The second-order valence-electron chi connectivity index (χ2n) is 8.98. The van der Waals surface area contributed by atoms with Crippen LogP contribution in [0.3, 0.4) is 0 Å². The van der Waals surface area contributed by atoms with E-state index in [2.05, 4.69) is 18.7 Å². The molecule has 1 aliphatic carbocycles. The fourth-order valence-electron chi connectivity index (χ4n) is 4.10. The van der Waals surface area contributed by atoms with Gasteiger partial charge in [-0.1, -0.05) is 63.4 Å². The van der Waals surface area contributed by atoms with Crippen LogP contribution in [0.4, 0.5) is 5.69 Å². The summed E-state index contributed by atoms with van der Waals surface area (Å²) in [5.41, 5.74) is 3.27. The first-order valence-corrected chi connectivity index (χ1v) is 12.6. The lowest BCUT2D eigenvalue weighted by atomic mass is 10.1. The number of amides is 1. The fraction of sp³-hybridized carbons (Fsp3) is 0.500. The van der Waals surface area contributed by atoms with Gasteiger partial charge in [-0.3, -0.25) is 9.48 Å². The molecule has 1 saturated carbocycles. The van der Waals surface area contributed by atoms with E-state index in [1.807, 2.05) is 54.1 Å². The number of fused-ring (bicyclic) bond motifs is 1. The topological polar surface area (TPSA) is 50.6 Å². The molecule has 184 valence electrons. The van der Waals surface area contributed by atoms with E-state index in [1.54, 1.807) is 19.1 Å². The monoisotopic (exact) mass is 464 g/mol. The third-order valence-corrected chi connectivity index (χ3v) is 6.00. The van der Waals surface area contributed by atoms with Gasteiger partial charge in [0.25, 0.3) is 5.91 Å². The van der Waals surface area contributed by atoms with Gasteiger partial charge in [0.05, 0.1) is 13.7 Å². The van der Waals surface area contributed by atoms with Crippen LogP contribution in [0.1, 0.15) is 62.0 Å². The van der Waals surface area contributed by atoms with Crippen molar-refractivity contribution in [3.05, 3.63) is 53.7 Å². The Labute approximate surface area is 204 Å². The lowest BCUT2D eigenvalue weighted by Gasteiger charge is -2.21. The Morgan fingerprint density at radius 3 is 2.26 bits per heavy atom. The van der Waals surface area contributed by atoms with Gasteiger partial charge in [-0.05, 0) is 50.6 Å². The van der Waals surface area contributed by atoms with Gasteiger partial charge in [-0.2, -0.15) is 5.10 Å². The molecule has 3 aromatic rings. The second-order valence-corrected chi connectivity index (χ2v) is 8.98. The van der Waals surface area contributed by atoms with Crippen LogP contribution in [0.5, 0.6) is 5.75 Å². The fourth-order valence-corrected chi connectivity index (χ4v) is 4.10. The van der Waals surface area contributed by atoms with Crippen LogP contribution in [-0.4, -0.2) is 54.4 Å². The molecule has 6 nitrogen and oxygen atoms in total. The number of ether oxygens (including phenoxy) is 1. The number of hydrogen-bond donors (Lipinski definition) is 0. The minimum absolute atomic E-state index is 0.120. The molecule has 1 aliphatic rings. The number of nitrogens with zero attached hydrogens (tertiary/aromatic N) is 4. The van der Waals surface area contributed by atoms with Crippen molar-refractivity contribution in [2.75, 3.05) is 38.7 Å². The maximum Gasteiger partial charge on any atom is 0.279 e. The highest BCUT2D eigenvalue weighted by molar-refractivity contribution is 6.13. The molecule has 0 saturated heterocycles. The molecule has 1 amide bonds. The standard InChI is InChI=1S/C25H34N4O2.C3H6/c1-6-15-28(16-7-2)17-18-29-24-20(12-10-14-22(24)31-5)23(26-29)25(30)27(4)21-13-9-8-11-19(21)3;1-2-3-1/h8-14H,6-7,15-18H2,1-5H3;1-3H2. The molecule has 0 atom stereocenters. The average Bonchev–Trinajstić information content (AvgIpc) is 3.69. The van der Waals surface area contributed by atoms with E-state index in [0.29, 0.717) is 12.2 Å². The van der Waals surface area contributed by atoms with Crippen molar-refractivity contribution in [3.63, 3.8) is 0 Å². The number of aromatic nitrogens is 2. The molecule has 0 N–H and O–H groups in total. The Morgan fingerprint density at radius 2 is 1.68 bits per heavy atom. The van der Waals surface area contributed by atoms with Gasteiger partial charge >= 0.3 is 0 Å². The summed E-state index contributed by atoms with van der Waals surface area (Å²) in [5.74, 6) is 0.616. The summed E-state index contributed by atoms with van der Waals surface area (Å²) in [6, 6.07) is 13.7. The van der Waals surface area contributed by atoms with E-state index >= 15 is 0 Å². The van der Waals surface area contributed by atoms with E-state index in [1.165, 1.54) is 19.3 Å². The minimum Gasteiger partial charge on any atom is -0.494 e. The van der Waals surface area contributed by atoms with Gasteiger partial charge in [-0.25, -0.2) is 0 Å². The predicted octanol–water partition coefficient (Wildman–Crippen LogP) is 5.92. The number of benzene rings is 2. The number of hydrogen-bond acceptors (Lipinski definition) is 4. The lowest BCUT2D eigenvalue weighted by molar-refractivity contribution is 0.0988. The highest BCUT2D eigenvalue weighted by atomic mass is 16.5. The molecule has 0 spiro atoms. The molecule has 0 radical (unpaired) electrons. The number of anilines is 1. The normalized spacial score (nSPS) is 12.4. The van der Waals surface area contributed by atoms with Crippen LogP contribution in [0.15, 0.2) is 42.5 Å². The summed E-state index contributed by atoms with van der Waals surface area (Å²) in [6.45, 7) is 10.1. The van der Waals surface area contributed by atoms with Crippen molar-refractivity contribution in [1.82, 2.24) is 14.7 Å². The first-order chi connectivity index (χ1) is 16.5. The maximum atomic E-state index is 13.5. The summed E-state index contributed by atoms with van der Waals surface area (Å²) < 4.78 is 7.56. The van der Waals surface area contributed by atoms with Crippen LogP contribution in [0.2, 0.25) is 0 Å². The number of methoxy groups -OCH3 is 1. The minimum atomic E-state index is -0.120. The highest BCUT2D eigenvalue weighted by Crippen LogP contribution is 2.30. The summed E-state index contributed by atoms with van der Waals surface area (Å²) in [4.78, 5) is 17.6. The van der Waals surface area contributed by atoms with Crippen LogP contribution in [0.25, 0.3) is 10.9 Å². The Kier molecular flexibility index (Phi) is 9.52. The summed E-state index contributed by atoms with van der Waals surface area (Å²) in [6.07, 6.45) is 6.74. The predicted molar refractivity (Wildman–Crippen MR) is 141 cm³/mol. The summed E-state index contributed by atoms with van der Waals surface area (Å²) >= 11 is 0. The van der Waals surface area contributed by atoms with Crippen LogP contribution in [0, 0.1) is 6.92 Å². The van der Waals surface area contributed by atoms with E-state index < -0.39 is 0 Å². The van der Waals surface area contributed by atoms with E-state index in [-0.39, 0.29) is 5.91 Å². The Hall–Kier alpha value is -2.86. The first kappa shape index (κ1) is 25.8. The van der Waals surface area contributed by atoms with Gasteiger partial charge in [0, 0.05) is 24.7 Å². The SMILES string of the molecule is C1CC1.CCCN(CCC)CCn1nc(C(=O)N(C)c2ccccc2C)c2cccc(OC)c21. The van der Waals surface area contributed by atoms with E-state index in [9.17, 15) is 4.79 Å².